The Labute approximate surface area is 543 Å². The molecule has 0 N–H and O–H groups in total. The van der Waals surface area contributed by atoms with Crippen LogP contribution in [0.25, 0.3) is 111 Å². The second-order valence-electron chi connectivity index (χ2n) is 25.7. The number of hydrogen-bond acceptors (Lipinski definition) is 2. The summed E-state index contributed by atoms with van der Waals surface area (Å²) in [7, 11) is 0. The normalized spacial score (nSPS) is 11.7. The van der Waals surface area contributed by atoms with Crippen molar-refractivity contribution < 1.29 is 0 Å². The van der Waals surface area contributed by atoms with Crippen molar-refractivity contribution in [1.29, 1.82) is 0 Å². The maximum Gasteiger partial charge on any atom is 0.0497 e. The van der Waals surface area contributed by atoms with Gasteiger partial charge in [-0.1, -0.05) is 270 Å². The highest BCUT2D eigenvalue weighted by Crippen LogP contribution is 2.66. The van der Waals surface area contributed by atoms with Crippen LogP contribution in [-0.4, -0.2) is 0 Å². The lowest BCUT2D eigenvalue weighted by Crippen LogP contribution is -2.14. The van der Waals surface area contributed by atoms with Gasteiger partial charge in [-0.2, -0.15) is 0 Å². The predicted molar refractivity (Wildman–Crippen MR) is 395 cm³/mol. The van der Waals surface area contributed by atoms with E-state index in [9.17, 15) is 0 Å². The quantitative estimate of drug-likeness (QED) is 0.107. The summed E-state index contributed by atoms with van der Waals surface area (Å²) in [5.41, 5.74) is 33.8. The number of benzene rings is 14. The zero-order chi connectivity index (χ0) is 62.7. The molecule has 2 heteroatoms. The van der Waals surface area contributed by atoms with Crippen molar-refractivity contribution in [3.8, 4) is 89.0 Å². The van der Waals surface area contributed by atoms with Crippen molar-refractivity contribution in [3.05, 3.63) is 325 Å². The van der Waals surface area contributed by atoms with E-state index in [1.807, 2.05) is 0 Å². The monoisotopic (exact) mass is 1180 g/mol. The fourth-order valence-electron chi connectivity index (χ4n) is 14.4. The molecule has 0 fully saturated rings. The van der Waals surface area contributed by atoms with Crippen LogP contribution in [0.1, 0.15) is 72.9 Å². The zero-order valence-corrected chi connectivity index (χ0v) is 53.8. The van der Waals surface area contributed by atoms with Gasteiger partial charge in [-0.15, -0.1) is 0 Å². The first-order valence-electron chi connectivity index (χ1n) is 32.6. The largest absolute Gasteiger partial charge is 0.310 e. The summed E-state index contributed by atoms with van der Waals surface area (Å²) in [5, 5.41) is 4.82. The fraction of sp³-hybridized carbons (Fsp3) is 0.111. The van der Waals surface area contributed by atoms with Gasteiger partial charge < -0.3 is 9.80 Å². The van der Waals surface area contributed by atoms with Crippen LogP contribution in [0, 0.1) is 27.7 Å². The molecule has 0 bridgehead atoms. The summed E-state index contributed by atoms with van der Waals surface area (Å²) in [6.07, 6.45) is 0. The van der Waals surface area contributed by atoms with E-state index in [0.717, 1.165) is 22.7 Å². The van der Waals surface area contributed by atoms with Crippen molar-refractivity contribution in [2.45, 2.75) is 67.2 Å². The standard InChI is InChI=1S/C90H74N2/c1-57(2)69-43-39-59(5)79(51-69)91(81-53-71(45-41-61(81)7)63-27-15-9-16-28-63)73-47-49-75-77(55-73)85(67-35-23-13-24-36-67)89-87(83(75)65-31-19-11-20-32-65)88-84(66-33-21-12-22-34-66)76-50-48-74(56-78(76)86(90(88)89)68-37-25-14-26-38-68)92(80-52-70(58(3)4)44-40-60(80)6)82-54-72(46-42-62(82)8)64-29-17-10-18-30-64/h9-58H,1-8H3. The van der Waals surface area contributed by atoms with Gasteiger partial charge in [0.1, 0.15) is 0 Å². The van der Waals surface area contributed by atoms with Gasteiger partial charge in [0.15, 0.2) is 0 Å². The minimum atomic E-state index is 0.339. The molecule has 444 valence electrons. The van der Waals surface area contributed by atoms with Crippen LogP contribution >= 0.6 is 0 Å². The predicted octanol–water partition coefficient (Wildman–Crippen LogP) is 26.1. The van der Waals surface area contributed by atoms with Crippen LogP contribution in [-0.2, 0) is 0 Å². The Bertz CT molecular complexity index is 4780. The van der Waals surface area contributed by atoms with E-state index >= 15 is 0 Å². The van der Waals surface area contributed by atoms with Crippen molar-refractivity contribution in [3.63, 3.8) is 0 Å². The number of rotatable bonds is 14. The number of nitrogens with zero attached hydrogens (tertiary/aromatic N) is 2. The van der Waals surface area contributed by atoms with E-state index in [-0.39, 0.29) is 0 Å². The molecule has 1 aliphatic carbocycles. The number of aryl methyl sites for hydroxylation is 4. The molecule has 0 aromatic heterocycles. The van der Waals surface area contributed by atoms with Crippen LogP contribution in [0.4, 0.5) is 34.1 Å². The van der Waals surface area contributed by atoms with Gasteiger partial charge in [0.25, 0.3) is 0 Å². The Hall–Kier alpha value is -10.8. The smallest absolute Gasteiger partial charge is 0.0497 e. The van der Waals surface area contributed by atoms with Gasteiger partial charge in [0, 0.05) is 34.1 Å². The highest BCUT2D eigenvalue weighted by atomic mass is 15.2. The van der Waals surface area contributed by atoms with Gasteiger partial charge in [-0.05, 0) is 232 Å². The van der Waals surface area contributed by atoms with Crippen LogP contribution in [0.5, 0.6) is 0 Å². The molecule has 0 aliphatic heterocycles. The second kappa shape index (κ2) is 23.9. The first-order valence-corrected chi connectivity index (χ1v) is 32.6. The van der Waals surface area contributed by atoms with Crippen molar-refractivity contribution in [2.24, 2.45) is 0 Å². The SMILES string of the molecule is Cc1ccc(-c2ccccc2)cc1N(c1ccc2c(-c3ccccc3)c3c(c(-c4ccccc4)c2c1)-c1c-3c(-c2ccccc2)c2ccc(N(c3cc(-c4ccccc4)ccc3C)c3cc(C(C)C)ccc3C)cc2c1-c1ccccc1)c1cc(C(C)C)ccc1C. The Kier molecular flexibility index (Phi) is 14.9. The third-order valence-electron chi connectivity index (χ3n) is 19.2. The first-order chi connectivity index (χ1) is 45.0. The summed E-state index contributed by atoms with van der Waals surface area (Å²) < 4.78 is 0. The zero-order valence-electron chi connectivity index (χ0n) is 53.8. The number of fused-ring (bicyclic) bond motifs is 6. The maximum atomic E-state index is 2.55. The average molecular weight is 1180 g/mol. The van der Waals surface area contributed by atoms with Gasteiger partial charge in [0.2, 0.25) is 0 Å². The Morgan fingerprint density at radius 1 is 0.207 bits per heavy atom. The molecule has 14 aromatic rings. The molecule has 0 amide bonds. The first kappa shape index (κ1) is 57.6. The van der Waals surface area contributed by atoms with Crippen LogP contribution < -0.4 is 9.80 Å². The van der Waals surface area contributed by atoms with E-state index in [1.54, 1.807) is 0 Å². The van der Waals surface area contributed by atoms with Gasteiger partial charge in [-0.25, -0.2) is 0 Å². The van der Waals surface area contributed by atoms with E-state index in [4.69, 9.17) is 0 Å². The maximum absolute atomic E-state index is 2.55. The van der Waals surface area contributed by atoms with Crippen LogP contribution in [0.2, 0.25) is 0 Å². The molecule has 92 heavy (non-hydrogen) atoms. The van der Waals surface area contributed by atoms with Crippen molar-refractivity contribution >= 4 is 55.7 Å². The Morgan fingerprint density at radius 2 is 0.467 bits per heavy atom. The minimum absolute atomic E-state index is 0.339. The summed E-state index contributed by atoms with van der Waals surface area (Å²) in [6.45, 7) is 18.3. The Balaban J connectivity index is 1.08. The lowest BCUT2D eigenvalue weighted by molar-refractivity contribution is 0.865. The molecular formula is C90H74N2. The average Bonchev–Trinajstić information content (AvgIpc) is 0.670. The minimum Gasteiger partial charge on any atom is -0.310 e. The molecule has 0 radical (unpaired) electrons. The van der Waals surface area contributed by atoms with E-state index in [0.29, 0.717) is 11.8 Å². The second-order valence-corrected chi connectivity index (χ2v) is 25.7. The molecule has 2 nitrogen and oxygen atoms in total. The summed E-state index contributed by atoms with van der Waals surface area (Å²) >= 11 is 0. The fourth-order valence-corrected chi connectivity index (χ4v) is 14.4. The molecule has 0 heterocycles. The van der Waals surface area contributed by atoms with E-state index in [1.165, 1.54) is 155 Å². The lowest BCUT2D eigenvalue weighted by Gasteiger charge is -2.38. The molecule has 14 aromatic carbocycles. The third-order valence-corrected chi connectivity index (χ3v) is 19.2. The lowest BCUT2D eigenvalue weighted by atomic mass is 9.65. The number of hydrogen-bond donors (Lipinski definition) is 0. The Morgan fingerprint density at radius 3 is 0.761 bits per heavy atom. The molecule has 0 saturated carbocycles. The molecule has 0 unspecified atom stereocenters. The van der Waals surface area contributed by atoms with Gasteiger partial charge >= 0.3 is 0 Å². The summed E-state index contributed by atoms with van der Waals surface area (Å²) in [4.78, 5) is 5.10. The van der Waals surface area contributed by atoms with E-state index < -0.39 is 0 Å². The third kappa shape index (κ3) is 10.1. The van der Waals surface area contributed by atoms with Gasteiger partial charge in [0.05, 0.1) is 0 Å². The van der Waals surface area contributed by atoms with Crippen LogP contribution in [0.3, 0.4) is 0 Å². The molecule has 1 aliphatic rings. The molecule has 0 saturated heterocycles. The van der Waals surface area contributed by atoms with E-state index in [2.05, 4.69) is 356 Å². The summed E-state index contributed by atoms with van der Waals surface area (Å²) in [6, 6.07) is 109. The summed E-state index contributed by atoms with van der Waals surface area (Å²) in [5.74, 6) is 0.679. The topological polar surface area (TPSA) is 6.48 Å². The molecule has 15 rings (SSSR count). The number of anilines is 6. The molecule has 0 spiro atoms. The molecular weight excluding hydrogens is 1110 g/mol. The van der Waals surface area contributed by atoms with Crippen molar-refractivity contribution in [2.75, 3.05) is 9.80 Å². The highest BCUT2D eigenvalue weighted by molar-refractivity contribution is 6.33. The van der Waals surface area contributed by atoms with Gasteiger partial charge in [-0.3, -0.25) is 0 Å². The van der Waals surface area contributed by atoms with Crippen molar-refractivity contribution in [1.82, 2.24) is 0 Å². The highest BCUT2D eigenvalue weighted by Gasteiger charge is 2.39. The van der Waals surface area contributed by atoms with Crippen LogP contribution in [0.15, 0.2) is 291 Å². The molecule has 0 atom stereocenters.